The van der Waals surface area contributed by atoms with Gasteiger partial charge in [0.05, 0.1) is 17.3 Å². The fraction of sp³-hybridized carbons (Fsp3) is 0.304. The third-order valence-corrected chi connectivity index (χ3v) is 5.25. The Labute approximate surface area is 211 Å². The van der Waals surface area contributed by atoms with Gasteiger partial charge in [0.25, 0.3) is 11.4 Å². The molecule has 0 spiro atoms. The Morgan fingerprint density at radius 2 is 1.81 bits per heavy atom. The van der Waals surface area contributed by atoms with Crippen molar-refractivity contribution >= 4 is 17.6 Å². The van der Waals surface area contributed by atoms with E-state index < -0.39 is 47.2 Å². The highest BCUT2D eigenvalue weighted by Crippen LogP contribution is 2.38. The lowest BCUT2D eigenvalue weighted by Gasteiger charge is -2.17. The van der Waals surface area contributed by atoms with Gasteiger partial charge < -0.3 is 14.2 Å². The second kappa shape index (κ2) is 10.6. The number of esters is 1. The largest absolute Gasteiger partial charge is 0.463 e. The van der Waals surface area contributed by atoms with Gasteiger partial charge in [-0.25, -0.2) is 23.5 Å². The van der Waals surface area contributed by atoms with E-state index in [-0.39, 0.29) is 44.2 Å². The SMILES string of the molecule is CCOC(=O)COc1nc(C)cc(C)c1Oc1cc(-n2c(=O)cc(C(F)(F)F)n(C)c2=O)c(F)cc1Cl. The molecule has 2 aromatic heterocycles. The lowest BCUT2D eigenvalue weighted by molar-refractivity contribution is -0.145. The summed E-state index contributed by atoms with van der Waals surface area (Å²) in [6.07, 6.45) is -4.99. The average molecular weight is 546 g/mol. The molecule has 198 valence electrons. The highest BCUT2D eigenvalue weighted by Gasteiger charge is 2.35. The van der Waals surface area contributed by atoms with Gasteiger partial charge in [0, 0.05) is 24.9 Å². The molecular weight excluding hydrogens is 526 g/mol. The number of pyridine rings is 1. The maximum Gasteiger partial charge on any atom is 0.431 e. The van der Waals surface area contributed by atoms with Crippen LogP contribution in [0.3, 0.4) is 0 Å². The Bertz CT molecular complexity index is 1480. The summed E-state index contributed by atoms with van der Waals surface area (Å²) in [5.41, 5.74) is -4.10. The molecule has 0 fully saturated rings. The van der Waals surface area contributed by atoms with Crippen molar-refractivity contribution in [3.8, 4) is 23.1 Å². The zero-order chi connectivity index (χ0) is 27.7. The molecule has 0 amide bonds. The smallest absolute Gasteiger partial charge is 0.431 e. The van der Waals surface area contributed by atoms with Gasteiger partial charge >= 0.3 is 17.8 Å². The van der Waals surface area contributed by atoms with Gasteiger partial charge in [-0.05, 0) is 38.5 Å². The number of carbonyl (C=O) groups is 1. The first-order chi connectivity index (χ1) is 17.2. The summed E-state index contributed by atoms with van der Waals surface area (Å²) in [7, 11) is 0.792. The van der Waals surface area contributed by atoms with Crippen LogP contribution >= 0.6 is 11.6 Å². The minimum absolute atomic E-state index is 0.0259. The lowest BCUT2D eigenvalue weighted by atomic mass is 10.2. The number of ether oxygens (including phenoxy) is 3. The first-order valence-electron chi connectivity index (χ1n) is 10.6. The quantitative estimate of drug-likeness (QED) is 0.325. The number of rotatable bonds is 7. The minimum atomic E-state index is -4.99. The standard InChI is InChI=1S/C23H20ClF4N3O6/c1-5-35-19(33)10-36-21-20(11(2)6-12(3)29-21)37-16-8-15(14(25)7-13(16)24)31-18(32)9-17(23(26,27)28)30(4)22(31)34/h6-9H,5,10H2,1-4H3. The molecule has 9 nitrogen and oxygen atoms in total. The topological polar surface area (TPSA) is 102 Å². The van der Waals surface area contributed by atoms with E-state index in [0.29, 0.717) is 11.3 Å². The van der Waals surface area contributed by atoms with Crippen LogP contribution in [0.4, 0.5) is 17.6 Å². The van der Waals surface area contributed by atoms with Crippen LogP contribution in [0.2, 0.25) is 5.02 Å². The zero-order valence-electron chi connectivity index (χ0n) is 19.9. The second-order valence-corrected chi connectivity index (χ2v) is 8.09. The Kier molecular flexibility index (Phi) is 7.96. The third-order valence-electron chi connectivity index (χ3n) is 4.95. The van der Waals surface area contributed by atoms with Gasteiger partial charge in [-0.2, -0.15) is 13.2 Å². The van der Waals surface area contributed by atoms with E-state index in [4.69, 9.17) is 25.8 Å². The average Bonchev–Trinajstić information content (AvgIpc) is 2.78. The van der Waals surface area contributed by atoms with Crippen LogP contribution in [-0.4, -0.2) is 33.3 Å². The van der Waals surface area contributed by atoms with Gasteiger partial charge in [0.1, 0.15) is 17.3 Å². The van der Waals surface area contributed by atoms with E-state index in [1.165, 1.54) is 0 Å². The van der Waals surface area contributed by atoms with Crippen molar-refractivity contribution in [1.29, 1.82) is 0 Å². The maximum absolute atomic E-state index is 14.8. The number of aryl methyl sites for hydroxylation is 2. The molecule has 2 heterocycles. The molecule has 0 aliphatic carbocycles. The van der Waals surface area contributed by atoms with Crippen molar-refractivity contribution in [3.63, 3.8) is 0 Å². The summed E-state index contributed by atoms with van der Waals surface area (Å²) in [5.74, 6) is -2.28. The van der Waals surface area contributed by atoms with E-state index in [1.807, 2.05) is 0 Å². The maximum atomic E-state index is 14.8. The number of hydrogen-bond donors (Lipinski definition) is 0. The predicted molar refractivity (Wildman–Crippen MR) is 123 cm³/mol. The molecule has 0 saturated carbocycles. The van der Waals surface area contributed by atoms with Gasteiger partial charge in [-0.1, -0.05) is 11.6 Å². The van der Waals surface area contributed by atoms with Crippen molar-refractivity contribution in [2.45, 2.75) is 26.9 Å². The fourth-order valence-corrected chi connectivity index (χ4v) is 3.53. The Hall–Kier alpha value is -3.87. The van der Waals surface area contributed by atoms with Crippen molar-refractivity contribution in [2.24, 2.45) is 7.05 Å². The van der Waals surface area contributed by atoms with Crippen molar-refractivity contribution < 1.29 is 36.6 Å². The van der Waals surface area contributed by atoms with Gasteiger partial charge in [-0.3, -0.25) is 9.36 Å². The van der Waals surface area contributed by atoms with E-state index in [1.54, 1.807) is 26.8 Å². The second-order valence-electron chi connectivity index (χ2n) is 7.69. The summed E-state index contributed by atoms with van der Waals surface area (Å²) < 4.78 is 70.7. The Balaban J connectivity index is 2.12. The highest BCUT2D eigenvalue weighted by atomic mass is 35.5. The molecule has 14 heteroatoms. The molecule has 3 aromatic rings. The predicted octanol–water partition coefficient (Wildman–Crippen LogP) is 4.09. The van der Waals surface area contributed by atoms with Gasteiger partial charge in [0.2, 0.25) is 0 Å². The van der Waals surface area contributed by atoms with Gasteiger partial charge in [-0.15, -0.1) is 0 Å². The Morgan fingerprint density at radius 3 is 2.43 bits per heavy atom. The molecule has 0 atom stereocenters. The van der Waals surface area contributed by atoms with Crippen molar-refractivity contribution in [2.75, 3.05) is 13.2 Å². The normalized spacial score (nSPS) is 11.4. The van der Waals surface area contributed by atoms with Crippen LogP contribution in [0, 0.1) is 19.7 Å². The van der Waals surface area contributed by atoms with Crippen LogP contribution < -0.4 is 20.7 Å². The van der Waals surface area contributed by atoms with Crippen LogP contribution in [0.15, 0.2) is 33.9 Å². The van der Waals surface area contributed by atoms with Crippen LogP contribution in [0.25, 0.3) is 5.69 Å². The molecule has 37 heavy (non-hydrogen) atoms. The van der Waals surface area contributed by atoms with E-state index in [9.17, 15) is 31.9 Å². The first kappa shape index (κ1) is 27.7. The molecule has 0 aliphatic rings. The fourth-order valence-electron chi connectivity index (χ4n) is 3.34. The van der Waals surface area contributed by atoms with Crippen LogP contribution in [-0.2, 0) is 22.8 Å². The van der Waals surface area contributed by atoms with E-state index in [2.05, 4.69) is 4.98 Å². The number of benzene rings is 1. The molecule has 1 aromatic carbocycles. The molecule has 0 aliphatic heterocycles. The molecule has 0 radical (unpaired) electrons. The molecule has 0 saturated heterocycles. The first-order valence-corrected chi connectivity index (χ1v) is 11.0. The number of alkyl halides is 3. The molecule has 0 unspecified atom stereocenters. The van der Waals surface area contributed by atoms with Crippen molar-refractivity contribution in [3.05, 3.63) is 72.9 Å². The van der Waals surface area contributed by atoms with Crippen molar-refractivity contribution in [1.82, 2.24) is 14.1 Å². The van der Waals surface area contributed by atoms with E-state index in [0.717, 1.165) is 19.2 Å². The number of nitrogens with zero attached hydrogens (tertiary/aromatic N) is 3. The summed E-state index contributed by atoms with van der Waals surface area (Å²) in [4.78, 5) is 41.0. The van der Waals surface area contributed by atoms with Crippen LogP contribution in [0.5, 0.6) is 17.4 Å². The number of carbonyl (C=O) groups excluding carboxylic acids is 1. The number of hydrogen-bond acceptors (Lipinski definition) is 7. The lowest BCUT2D eigenvalue weighted by Crippen LogP contribution is -2.41. The number of aromatic nitrogens is 3. The van der Waals surface area contributed by atoms with E-state index >= 15 is 0 Å². The summed E-state index contributed by atoms with van der Waals surface area (Å²) in [6, 6.07) is 3.39. The molecule has 0 bridgehead atoms. The molecular formula is C23H20ClF4N3O6. The third kappa shape index (κ3) is 5.93. The zero-order valence-corrected chi connectivity index (χ0v) is 20.7. The molecule has 3 rings (SSSR count). The van der Waals surface area contributed by atoms with Crippen LogP contribution in [0.1, 0.15) is 23.9 Å². The number of halogens is 5. The minimum Gasteiger partial charge on any atom is -0.463 e. The summed E-state index contributed by atoms with van der Waals surface area (Å²) >= 11 is 6.12. The monoisotopic (exact) mass is 545 g/mol. The summed E-state index contributed by atoms with van der Waals surface area (Å²) in [6.45, 7) is 4.52. The highest BCUT2D eigenvalue weighted by molar-refractivity contribution is 6.32. The van der Waals surface area contributed by atoms with Gasteiger partial charge in [0.15, 0.2) is 12.4 Å². The summed E-state index contributed by atoms with van der Waals surface area (Å²) in [5, 5.41) is -0.297. The molecule has 0 N–H and O–H groups in total. The Morgan fingerprint density at radius 1 is 1.14 bits per heavy atom.